The number of aromatic nitrogens is 1. The van der Waals surface area contributed by atoms with E-state index in [0.29, 0.717) is 11.6 Å². The second-order valence-corrected chi connectivity index (χ2v) is 11.3. The van der Waals surface area contributed by atoms with Crippen LogP contribution < -0.4 is 4.74 Å². The lowest BCUT2D eigenvalue weighted by atomic mass is 9.81. The predicted molar refractivity (Wildman–Crippen MR) is 154 cm³/mol. The van der Waals surface area contributed by atoms with Crippen molar-refractivity contribution in [2.75, 3.05) is 33.9 Å². The summed E-state index contributed by atoms with van der Waals surface area (Å²) in [6, 6.07) is 17.9. The molecule has 206 valence electrons. The van der Waals surface area contributed by atoms with E-state index in [1.165, 1.54) is 0 Å². The molecule has 0 amide bonds. The van der Waals surface area contributed by atoms with E-state index >= 15 is 0 Å². The zero-order chi connectivity index (χ0) is 27.6. The Balaban J connectivity index is 1.39. The first-order valence-corrected chi connectivity index (χ1v) is 13.8. The number of likely N-dealkylation sites (tertiary alicyclic amines) is 1. The Hall–Kier alpha value is -2.74. The minimum atomic E-state index is -0.953. The summed E-state index contributed by atoms with van der Waals surface area (Å²) in [6.45, 7) is 6.54. The summed E-state index contributed by atoms with van der Waals surface area (Å²) < 4.78 is 18.3. The number of aliphatic hydroxyl groups is 1. The number of fused-ring (bicyclic) bond motifs is 2. The van der Waals surface area contributed by atoms with Crippen LogP contribution in [0.5, 0.6) is 5.75 Å². The fourth-order valence-corrected chi connectivity index (χ4v) is 5.91. The number of nitrogens with zero attached hydrogens (tertiary/aromatic N) is 2. The quantitative estimate of drug-likeness (QED) is 0.394. The average Bonchev–Trinajstić information content (AvgIpc) is 3.09. The van der Waals surface area contributed by atoms with Crippen molar-refractivity contribution >= 4 is 17.2 Å². The molecule has 0 bridgehead atoms. The topological polar surface area (TPSA) is 64.1 Å². The van der Waals surface area contributed by atoms with Gasteiger partial charge in [0.05, 0.1) is 11.3 Å². The molecular weight excluding hydrogens is 512 g/mol. The van der Waals surface area contributed by atoms with Crippen molar-refractivity contribution in [1.82, 2.24) is 9.88 Å². The summed E-state index contributed by atoms with van der Waals surface area (Å²) in [5, 5.41) is 11.4. The molecule has 1 saturated heterocycles. The Morgan fingerprint density at radius 2 is 1.95 bits per heavy atom. The Kier molecular flexibility index (Phi) is 8.13. The summed E-state index contributed by atoms with van der Waals surface area (Å²) in [5.74, 6) is 0.803. The Bertz CT molecular complexity index is 1330. The van der Waals surface area contributed by atoms with Crippen LogP contribution in [0.4, 0.5) is 0 Å². The Morgan fingerprint density at radius 3 is 2.67 bits per heavy atom. The number of hydrogen-bond donors (Lipinski definition) is 1. The molecule has 2 unspecified atom stereocenters. The van der Waals surface area contributed by atoms with Crippen LogP contribution in [-0.4, -0.2) is 54.9 Å². The zero-order valence-electron chi connectivity index (χ0n) is 23.1. The van der Waals surface area contributed by atoms with Crippen molar-refractivity contribution < 1.29 is 19.3 Å². The highest BCUT2D eigenvalue weighted by Crippen LogP contribution is 2.40. The Labute approximate surface area is 236 Å². The third-order valence-corrected chi connectivity index (χ3v) is 8.29. The van der Waals surface area contributed by atoms with Crippen molar-refractivity contribution in [2.45, 2.75) is 50.6 Å². The summed E-state index contributed by atoms with van der Waals surface area (Å²) in [5.41, 5.74) is 4.52. The van der Waals surface area contributed by atoms with Crippen LogP contribution in [-0.2, 0) is 27.3 Å². The normalized spacial score (nSPS) is 22.6. The SMILES string of the molecule is COC1CN(CCC=C2c3cc(C(C)(C)O)ccc3OCc3ncccc32)CCC1(OC)c1ccc(Cl)cc1. The molecular formula is C32H37ClN2O4. The highest BCUT2D eigenvalue weighted by molar-refractivity contribution is 6.30. The average molecular weight is 549 g/mol. The monoisotopic (exact) mass is 548 g/mol. The minimum Gasteiger partial charge on any atom is -0.487 e. The number of methoxy groups -OCH3 is 2. The lowest BCUT2D eigenvalue weighted by Gasteiger charge is -2.46. The number of hydrogen-bond acceptors (Lipinski definition) is 6. The molecule has 5 rings (SSSR count). The van der Waals surface area contributed by atoms with Crippen LogP contribution in [0.1, 0.15) is 54.6 Å². The highest BCUT2D eigenvalue weighted by atomic mass is 35.5. The molecule has 39 heavy (non-hydrogen) atoms. The van der Waals surface area contributed by atoms with Crippen molar-refractivity contribution in [3.8, 4) is 5.75 Å². The third-order valence-electron chi connectivity index (χ3n) is 8.04. The summed E-state index contributed by atoms with van der Waals surface area (Å²) in [7, 11) is 3.52. The molecule has 0 saturated carbocycles. The van der Waals surface area contributed by atoms with E-state index in [4.69, 9.17) is 25.8 Å². The van der Waals surface area contributed by atoms with Gasteiger partial charge in [-0.25, -0.2) is 0 Å². The van der Waals surface area contributed by atoms with Gasteiger partial charge in [0.15, 0.2) is 0 Å². The maximum absolute atomic E-state index is 10.7. The van der Waals surface area contributed by atoms with E-state index in [1.807, 2.05) is 48.5 Å². The molecule has 1 aromatic heterocycles. The number of halogens is 1. The molecule has 2 atom stereocenters. The van der Waals surface area contributed by atoms with Crippen molar-refractivity contribution in [3.05, 3.63) is 99.8 Å². The first-order chi connectivity index (χ1) is 18.7. The fourth-order valence-electron chi connectivity index (χ4n) is 5.79. The van der Waals surface area contributed by atoms with E-state index < -0.39 is 11.2 Å². The number of piperidine rings is 1. The van der Waals surface area contributed by atoms with Gasteiger partial charge in [-0.3, -0.25) is 4.98 Å². The highest BCUT2D eigenvalue weighted by Gasteiger charge is 2.45. The summed E-state index contributed by atoms with van der Waals surface area (Å²) in [6.07, 6.45) is 5.63. The predicted octanol–water partition coefficient (Wildman–Crippen LogP) is 5.94. The zero-order valence-corrected chi connectivity index (χ0v) is 23.9. The van der Waals surface area contributed by atoms with E-state index in [2.05, 4.69) is 22.0 Å². The van der Waals surface area contributed by atoms with Gasteiger partial charge < -0.3 is 24.2 Å². The first-order valence-electron chi connectivity index (χ1n) is 13.5. The van der Waals surface area contributed by atoms with Crippen LogP contribution in [0.25, 0.3) is 5.57 Å². The second kappa shape index (κ2) is 11.4. The maximum atomic E-state index is 10.7. The number of benzene rings is 2. The molecule has 0 aliphatic carbocycles. The van der Waals surface area contributed by atoms with Gasteiger partial charge in [-0.15, -0.1) is 0 Å². The number of rotatable bonds is 7. The molecule has 3 heterocycles. The van der Waals surface area contributed by atoms with Crippen LogP contribution in [0.2, 0.25) is 5.02 Å². The smallest absolute Gasteiger partial charge is 0.131 e. The van der Waals surface area contributed by atoms with Gasteiger partial charge >= 0.3 is 0 Å². The van der Waals surface area contributed by atoms with Gasteiger partial charge in [0.2, 0.25) is 0 Å². The van der Waals surface area contributed by atoms with Gasteiger partial charge in [-0.1, -0.05) is 41.9 Å². The van der Waals surface area contributed by atoms with Crippen molar-refractivity contribution in [1.29, 1.82) is 0 Å². The van der Waals surface area contributed by atoms with Gasteiger partial charge in [-0.05, 0) is 73.7 Å². The number of ether oxygens (including phenoxy) is 3. The van der Waals surface area contributed by atoms with Crippen LogP contribution in [0.15, 0.2) is 66.9 Å². The molecule has 0 radical (unpaired) electrons. The van der Waals surface area contributed by atoms with Gasteiger partial charge in [0.25, 0.3) is 0 Å². The summed E-state index contributed by atoms with van der Waals surface area (Å²) in [4.78, 5) is 7.03. The van der Waals surface area contributed by atoms with Crippen molar-refractivity contribution in [2.24, 2.45) is 0 Å². The molecule has 2 aromatic carbocycles. The fraction of sp³-hybridized carbons (Fsp3) is 0.406. The summed E-state index contributed by atoms with van der Waals surface area (Å²) >= 11 is 6.15. The minimum absolute atomic E-state index is 0.114. The van der Waals surface area contributed by atoms with Crippen LogP contribution >= 0.6 is 11.6 Å². The van der Waals surface area contributed by atoms with Gasteiger partial charge in [0.1, 0.15) is 24.1 Å². The van der Waals surface area contributed by atoms with Gasteiger partial charge in [0, 0.05) is 56.2 Å². The molecule has 6 nitrogen and oxygen atoms in total. The number of pyridine rings is 1. The van der Waals surface area contributed by atoms with E-state index in [9.17, 15) is 5.11 Å². The van der Waals surface area contributed by atoms with E-state index in [0.717, 1.165) is 71.7 Å². The van der Waals surface area contributed by atoms with Crippen LogP contribution in [0, 0.1) is 0 Å². The molecule has 3 aromatic rings. The Morgan fingerprint density at radius 1 is 1.15 bits per heavy atom. The molecule has 7 heteroatoms. The largest absolute Gasteiger partial charge is 0.487 e. The molecule has 1 fully saturated rings. The lowest BCUT2D eigenvalue weighted by Crippen LogP contribution is -2.55. The lowest BCUT2D eigenvalue weighted by molar-refractivity contribution is -0.158. The molecule has 2 aliphatic heterocycles. The molecule has 0 spiro atoms. The van der Waals surface area contributed by atoms with E-state index in [-0.39, 0.29) is 6.10 Å². The second-order valence-electron chi connectivity index (χ2n) is 10.8. The molecule has 1 N–H and O–H groups in total. The molecule has 2 aliphatic rings. The first kappa shape index (κ1) is 27.8. The van der Waals surface area contributed by atoms with E-state index in [1.54, 1.807) is 34.3 Å². The third kappa shape index (κ3) is 5.63. The van der Waals surface area contributed by atoms with Crippen molar-refractivity contribution in [3.63, 3.8) is 0 Å². The van der Waals surface area contributed by atoms with Crippen LogP contribution in [0.3, 0.4) is 0 Å². The van der Waals surface area contributed by atoms with Gasteiger partial charge in [-0.2, -0.15) is 0 Å². The standard InChI is InChI=1S/C32H37ClN2O4/c1-31(2,36)23-11-14-29-27(19-23)25(26-7-5-16-34-28(26)21-39-29)8-6-17-35-18-15-32(38-4,30(20-35)37-3)22-9-12-24(33)13-10-22/h5,7-14,16,19,30,36H,6,15,17-18,20-21H2,1-4H3. The maximum Gasteiger partial charge on any atom is 0.131 e.